The molecule has 0 saturated carbocycles. The van der Waals surface area contributed by atoms with E-state index in [1.807, 2.05) is 0 Å². The lowest BCUT2D eigenvalue weighted by Gasteiger charge is -2.22. The standard InChI is InChI=1S/C18H24N4O3/c23-13-15-4-3-11-22(15)10-2-1-7-20-18(24)16-12-17(25-21-16)14-5-8-19-9-6-14/h5-6,8-9,12,15,23H,1-4,7,10-11,13H2,(H,20,24). The molecular formula is C18H24N4O3. The molecular weight excluding hydrogens is 320 g/mol. The molecule has 0 bridgehead atoms. The third kappa shape index (κ3) is 4.64. The van der Waals surface area contributed by atoms with Gasteiger partial charge in [0.1, 0.15) is 0 Å². The number of pyridine rings is 1. The number of amides is 1. The topological polar surface area (TPSA) is 91.5 Å². The molecule has 2 aromatic heterocycles. The van der Waals surface area contributed by atoms with Crippen molar-refractivity contribution in [1.29, 1.82) is 0 Å². The second kappa shape index (κ2) is 8.73. The highest BCUT2D eigenvalue weighted by Crippen LogP contribution is 2.19. The molecule has 3 heterocycles. The summed E-state index contributed by atoms with van der Waals surface area (Å²) >= 11 is 0. The van der Waals surface area contributed by atoms with Gasteiger partial charge >= 0.3 is 0 Å². The number of carbonyl (C=O) groups is 1. The number of aliphatic hydroxyl groups excluding tert-OH is 1. The van der Waals surface area contributed by atoms with Crippen LogP contribution >= 0.6 is 0 Å². The quantitative estimate of drug-likeness (QED) is 0.708. The van der Waals surface area contributed by atoms with E-state index >= 15 is 0 Å². The summed E-state index contributed by atoms with van der Waals surface area (Å²) in [5.41, 5.74) is 1.12. The van der Waals surface area contributed by atoms with E-state index in [0.717, 1.165) is 44.3 Å². The van der Waals surface area contributed by atoms with Crippen LogP contribution in [0.25, 0.3) is 11.3 Å². The highest BCUT2D eigenvalue weighted by molar-refractivity contribution is 5.93. The molecule has 7 heteroatoms. The molecule has 3 rings (SSSR count). The first-order valence-electron chi connectivity index (χ1n) is 8.78. The van der Waals surface area contributed by atoms with Gasteiger partial charge in [0.05, 0.1) is 6.61 Å². The molecule has 2 aromatic rings. The fourth-order valence-corrected chi connectivity index (χ4v) is 3.16. The van der Waals surface area contributed by atoms with Gasteiger partial charge in [-0.25, -0.2) is 0 Å². The van der Waals surface area contributed by atoms with E-state index in [2.05, 4.69) is 20.4 Å². The molecule has 1 saturated heterocycles. The minimum Gasteiger partial charge on any atom is -0.395 e. The molecule has 7 nitrogen and oxygen atoms in total. The summed E-state index contributed by atoms with van der Waals surface area (Å²) in [6, 6.07) is 5.57. The van der Waals surface area contributed by atoms with E-state index < -0.39 is 0 Å². The van der Waals surface area contributed by atoms with Crippen molar-refractivity contribution >= 4 is 5.91 Å². The van der Waals surface area contributed by atoms with E-state index in [1.54, 1.807) is 30.6 Å². The van der Waals surface area contributed by atoms with Crippen molar-refractivity contribution in [2.45, 2.75) is 31.7 Å². The predicted molar refractivity (Wildman–Crippen MR) is 93.0 cm³/mol. The molecule has 0 radical (unpaired) electrons. The van der Waals surface area contributed by atoms with Crippen molar-refractivity contribution in [3.63, 3.8) is 0 Å². The number of hydrogen-bond donors (Lipinski definition) is 2. The third-order valence-corrected chi connectivity index (χ3v) is 4.58. The minimum atomic E-state index is -0.224. The Bertz CT molecular complexity index is 674. The van der Waals surface area contributed by atoms with Gasteiger partial charge in [-0.2, -0.15) is 0 Å². The maximum Gasteiger partial charge on any atom is 0.273 e. The van der Waals surface area contributed by atoms with Crippen LogP contribution in [0.5, 0.6) is 0 Å². The minimum absolute atomic E-state index is 0.224. The molecule has 1 aliphatic heterocycles. The summed E-state index contributed by atoms with van der Waals surface area (Å²) in [4.78, 5) is 18.4. The van der Waals surface area contributed by atoms with E-state index in [9.17, 15) is 9.90 Å². The number of aliphatic hydroxyl groups is 1. The van der Waals surface area contributed by atoms with Crippen molar-refractivity contribution in [2.24, 2.45) is 0 Å². The first-order valence-corrected chi connectivity index (χ1v) is 8.78. The van der Waals surface area contributed by atoms with Crippen molar-refractivity contribution in [3.05, 3.63) is 36.3 Å². The third-order valence-electron chi connectivity index (χ3n) is 4.58. The Morgan fingerprint density at radius 1 is 1.36 bits per heavy atom. The molecule has 2 N–H and O–H groups in total. The van der Waals surface area contributed by atoms with Crippen LogP contribution in [-0.4, -0.2) is 58.3 Å². The van der Waals surface area contributed by atoms with Crippen molar-refractivity contribution in [2.75, 3.05) is 26.2 Å². The first-order chi connectivity index (χ1) is 12.3. The monoisotopic (exact) mass is 344 g/mol. The zero-order valence-corrected chi connectivity index (χ0v) is 14.2. The zero-order chi connectivity index (χ0) is 17.5. The average Bonchev–Trinajstić information content (AvgIpc) is 3.31. The van der Waals surface area contributed by atoms with Gasteiger partial charge in [-0.3, -0.25) is 14.7 Å². The SMILES string of the molecule is O=C(NCCCCN1CCCC1CO)c1cc(-c2ccncc2)on1. The maximum atomic E-state index is 12.1. The second-order valence-electron chi connectivity index (χ2n) is 6.29. The number of aromatic nitrogens is 2. The number of unbranched alkanes of at least 4 members (excludes halogenated alkanes) is 1. The van der Waals surface area contributed by atoms with Crippen LogP contribution in [0, 0.1) is 0 Å². The van der Waals surface area contributed by atoms with Gasteiger partial charge in [0.25, 0.3) is 5.91 Å². The first kappa shape index (κ1) is 17.6. The highest BCUT2D eigenvalue weighted by atomic mass is 16.5. The number of carbonyl (C=O) groups excluding carboxylic acids is 1. The van der Waals surface area contributed by atoms with Crippen molar-refractivity contribution in [1.82, 2.24) is 20.4 Å². The molecule has 134 valence electrons. The van der Waals surface area contributed by atoms with Crippen LogP contribution in [0.15, 0.2) is 35.1 Å². The van der Waals surface area contributed by atoms with E-state index in [-0.39, 0.29) is 18.2 Å². The largest absolute Gasteiger partial charge is 0.395 e. The Hall–Kier alpha value is -2.25. The average molecular weight is 344 g/mol. The number of nitrogens with zero attached hydrogens (tertiary/aromatic N) is 3. The van der Waals surface area contributed by atoms with Gasteiger partial charge < -0.3 is 14.9 Å². The lowest BCUT2D eigenvalue weighted by Crippen LogP contribution is -2.33. The molecule has 1 unspecified atom stereocenters. The van der Waals surface area contributed by atoms with Crippen LogP contribution in [0.4, 0.5) is 0 Å². The summed E-state index contributed by atoms with van der Waals surface area (Å²) in [5.74, 6) is 0.329. The van der Waals surface area contributed by atoms with Crippen LogP contribution in [-0.2, 0) is 0 Å². The Kier molecular flexibility index (Phi) is 6.14. The van der Waals surface area contributed by atoms with Crippen molar-refractivity contribution < 1.29 is 14.4 Å². The smallest absolute Gasteiger partial charge is 0.273 e. The fourth-order valence-electron chi connectivity index (χ4n) is 3.16. The zero-order valence-electron chi connectivity index (χ0n) is 14.2. The molecule has 1 atom stereocenters. The Balaban J connectivity index is 1.39. The Morgan fingerprint density at radius 3 is 3.00 bits per heavy atom. The Labute approximate surface area is 147 Å². The summed E-state index contributed by atoms with van der Waals surface area (Å²) in [7, 11) is 0. The van der Waals surface area contributed by atoms with Gasteiger partial charge in [-0.05, 0) is 50.9 Å². The normalized spacial score (nSPS) is 17.7. The molecule has 0 spiro atoms. The summed E-state index contributed by atoms with van der Waals surface area (Å²) in [6.45, 7) is 2.88. The van der Waals surface area contributed by atoms with E-state index in [1.165, 1.54) is 0 Å². The van der Waals surface area contributed by atoms with Gasteiger partial charge in [0, 0.05) is 36.6 Å². The molecule has 1 amide bonds. The van der Waals surface area contributed by atoms with Crippen LogP contribution in [0.2, 0.25) is 0 Å². The molecule has 1 aliphatic rings. The molecule has 0 aromatic carbocycles. The Morgan fingerprint density at radius 2 is 2.20 bits per heavy atom. The van der Waals surface area contributed by atoms with Gasteiger partial charge in [-0.1, -0.05) is 5.16 Å². The lowest BCUT2D eigenvalue weighted by molar-refractivity contribution is 0.0943. The summed E-state index contributed by atoms with van der Waals surface area (Å²) in [5, 5.41) is 16.0. The molecule has 1 fully saturated rings. The molecule has 25 heavy (non-hydrogen) atoms. The summed E-state index contributed by atoms with van der Waals surface area (Å²) in [6.07, 6.45) is 7.47. The van der Waals surface area contributed by atoms with Gasteiger partial charge in [-0.15, -0.1) is 0 Å². The van der Waals surface area contributed by atoms with E-state index in [0.29, 0.717) is 18.3 Å². The van der Waals surface area contributed by atoms with Gasteiger partial charge in [0.15, 0.2) is 11.5 Å². The number of hydrogen-bond acceptors (Lipinski definition) is 6. The van der Waals surface area contributed by atoms with Crippen LogP contribution in [0.1, 0.15) is 36.2 Å². The summed E-state index contributed by atoms with van der Waals surface area (Å²) < 4.78 is 5.22. The lowest BCUT2D eigenvalue weighted by atomic mass is 10.2. The van der Waals surface area contributed by atoms with E-state index in [4.69, 9.17) is 4.52 Å². The fraction of sp³-hybridized carbons (Fsp3) is 0.500. The molecule has 0 aliphatic carbocycles. The maximum absolute atomic E-state index is 12.1. The predicted octanol–water partition coefficient (Wildman–Crippen LogP) is 1.70. The van der Waals surface area contributed by atoms with Gasteiger partial charge in [0.2, 0.25) is 0 Å². The second-order valence-corrected chi connectivity index (χ2v) is 6.29. The number of rotatable bonds is 8. The van der Waals surface area contributed by atoms with Crippen LogP contribution in [0.3, 0.4) is 0 Å². The van der Waals surface area contributed by atoms with Crippen molar-refractivity contribution in [3.8, 4) is 11.3 Å². The van der Waals surface area contributed by atoms with Crippen LogP contribution < -0.4 is 5.32 Å². The highest BCUT2D eigenvalue weighted by Gasteiger charge is 2.22. The number of nitrogens with one attached hydrogen (secondary N) is 1. The number of likely N-dealkylation sites (tertiary alicyclic amines) is 1.